The predicted octanol–water partition coefficient (Wildman–Crippen LogP) is 2.89. The van der Waals surface area contributed by atoms with Crippen LogP contribution in [0.15, 0.2) is 48.5 Å². The molecule has 1 fully saturated rings. The van der Waals surface area contributed by atoms with Gasteiger partial charge in [0.25, 0.3) is 5.24 Å². The van der Waals surface area contributed by atoms with Gasteiger partial charge in [-0.3, -0.25) is 14.9 Å². The number of nitrogens with one attached hydrogen (secondary N) is 1. The van der Waals surface area contributed by atoms with Gasteiger partial charge < -0.3 is 9.62 Å². The van der Waals surface area contributed by atoms with Crippen molar-refractivity contribution in [1.29, 1.82) is 0 Å². The maximum Gasteiger partial charge on any atom is 0.286 e. The fourth-order valence-electron chi connectivity index (χ4n) is 2.89. The zero-order valence-electron chi connectivity index (χ0n) is 13.8. The van der Waals surface area contributed by atoms with Crippen molar-refractivity contribution in [2.75, 3.05) is 6.61 Å². The summed E-state index contributed by atoms with van der Waals surface area (Å²) in [4.78, 5) is 33.5. The highest BCUT2D eigenvalue weighted by molar-refractivity contribution is 8.15. The predicted molar refractivity (Wildman–Crippen MR) is 96.2 cm³/mol. The van der Waals surface area contributed by atoms with E-state index in [0.29, 0.717) is 13.0 Å². The van der Waals surface area contributed by atoms with Crippen LogP contribution in [0.25, 0.3) is 0 Å². The number of para-hydroxylation sites is 1. The minimum absolute atomic E-state index is 0.172. The minimum atomic E-state index is -0.359. The number of imide groups is 1. The van der Waals surface area contributed by atoms with Gasteiger partial charge in [-0.25, -0.2) is 0 Å². The van der Waals surface area contributed by atoms with Gasteiger partial charge in [0, 0.05) is 12.0 Å². The second-order valence-electron chi connectivity index (χ2n) is 6.16. The summed E-state index contributed by atoms with van der Waals surface area (Å²) in [6.45, 7) is 0.378. The number of rotatable bonds is 5. The average Bonchev–Trinajstić information content (AvgIpc) is 2.98. The lowest BCUT2D eigenvalue weighted by Crippen LogP contribution is -2.29. The van der Waals surface area contributed by atoms with E-state index in [-0.39, 0.29) is 22.5 Å². The van der Waals surface area contributed by atoms with Crippen molar-refractivity contribution in [2.24, 2.45) is 0 Å². The van der Waals surface area contributed by atoms with Gasteiger partial charge in [0.2, 0.25) is 5.91 Å². The first-order chi connectivity index (χ1) is 12.7. The van der Waals surface area contributed by atoms with Gasteiger partial charge >= 0.3 is 0 Å². The Kier molecular flexibility index (Phi) is 4.81. The maximum absolute atomic E-state index is 11.6. The van der Waals surface area contributed by atoms with E-state index in [4.69, 9.17) is 14.5 Å². The van der Waals surface area contributed by atoms with Gasteiger partial charge in [-0.2, -0.15) is 4.89 Å². The van der Waals surface area contributed by atoms with Crippen molar-refractivity contribution >= 4 is 22.9 Å². The van der Waals surface area contributed by atoms with E-state index < -0.39 is 0 Å². The van der Waals surface area contributed by atoms with Crippen molar-refractivity contribution in [1.82, 2.24) is 5.32 Å². The zero-order valence-corrected chi connectivity index (χ0v) is 14.7. The molecule has 2 aliphatic rings. The summed E-state index contributed by atoms with van der Waals surface area (Å²) < 4.78 is 5.78. The van der Waals surface area contributed by atoms with Gasteiger partial charge in [-0.15, -0.1) is 0 Å². The molecule has 1 saturated heterocycles. The van der Waals surface area contributed by atoms with Crippen LogP contribution in [0.3, 0.4) is 0 Å². The Morgan fingerprint density at radius 2 is 1.92 bits per heavy atom. The quantitative estimate of drug-likeness (QED) is 0.815. The summed E-state index contributed by atoms with van der Waals surface area (Å²) in [6.07, 6.45) is 1.07. The molecule has 0 aromatic heterocycles. The van der Waals surface area contributed by atoms with Crippen LogP contribution in [0.4, 0.5) is 4.79 Å². The third-order valence-electron chi connectivity index (χ3n) is 4.24. The van der Waals surface area contributed by atoms with Crippen molar-refractivity contribution in [3.05, 3.63) is 59.7 Å². The van der Waals surface area contributed by atoms with Crippen LogP contribution in [-0.2, 0) is 22.5 Å². The molecule has 2 amide bonds. The smallest absolute Gasteiger partial charge is 0.286 e. The Morgan fingerprint density at radius 1 is 1.12 bits per heavy atom. The third-order valence-corrected chi connectivity index (χ3v) is 5.22. The lowest BCUT2D eigenvalue weighted by Gasteiger charge is -2.23. The summed E-state index contributed by atoms with van der Waals surface area (Å²) in [6, 6.07) is 15.3. The molecular formula is C19H17NO5S. The number of fused-ring (bicyclic) bond motifs is 1. The fourth-order valence-corrected chi connectivity index (χ4v) is 3.75. The standard InChI is InChI=1S/C19H17NO5S/c21-18-17(26-19(22)20-18)9-12-5-7-14(8-6-12)23-11-15-10-13-3-1-2-4-16(13)25-24-15/h1-8,15,17H,9-11H2,(H,20,21,22). The molecule has 2 aliphatic heterocycles. The third kappa shape index (κ3) is 3.84. The van der Waals surface area contributed by atoms with Crippen LogP contribution in [0.2, 0.25) is 0 Å². The van der Waals surface area contributed by atoms with Gasteiger partial charge in [-0.1, -0.05) is 42.1 Å². The van der Waals surface area contributed by atoms with Crippen LogP contribution in [0.1, 0.15) is 11.1 Å². The van der Waals surface area contributed by atoms with Crippen LogP contribution < -0.4 is 14.9 Å². The molecule has 7 heteroatoms. The summed E-state index contributed by atoms with van der Waals surface area (Å²) in [7, 11) is 0. The molecule has 4 rings (SSSR count). The molecule has 26 heavy (non-hydrogen) atoms. The summed E-state index contributed by atoms with van der Waals surface area (Å²) >= 11 is 1.03. The van der Waals surface area contributed by atoms with Crippen molar-refractivity contribution in [2.45, 2.75) is 24.2 Å². The Labute approximate surface area is 154 Å². The van der Waals surface area contributed by atoms with Crippen LogP contribution in [0.5, 0.6) is 11.5 Å². The van der Waals surface area contributed by atoms with Crippen LogP contribution in [0, 0.1) is 0 Å². The van der Waals surface area contributed by atoms with E-state index in [0.717, 1.165) is 40.8 Å². The number of amides is 2. The highest BCUT2D eigenvalue weighted by Gasteiger charge is 2.31. The number of thioether (sulfide) groups is 1. The topological polar surface area (TPSA) is 73.9 Å². The normalized spacial score (nSPS) is 21.7. The lowest BCUT2D eigenvalue weighted by atomic mass is 10.1. The number of ether oxygens (including phenoxy) is 1. The van der Waals surface area contributed by atoms with Gasteiger partial charge in [0.1, 0.15) is 18.5 Å². The molecule has 0 bridgehead atoms. The minimum Gasteiger partial charge on any atom is -0.491 e. The SMILES string of the molecule is O=C1NC(=O)C(Cc2ccc(OCC3Cc4ccccc4OO3)cc2)S1. The molecule has 6 nitrogen and oxygen atoms in total. The van der Waals surface area contributed by atoms with Crippen molar-refractivity contribution in [3.63, 3.8) is 0 Å². The molecule has 2 unspecified atom stereocenters. The average molecular weight is 371 g/mol. The molecule has 0 aliphatic carbocycles. The second-order valence-corrected chi connectivity index (χ2v) is 7.33. The van der Waals surface area contributed by atoms with E-state index in [2.05, 4.69) is 5.32 Å². The van der Waals surface area contributed by atoms with Crippen molar-refractivity contribution in [3.8, 4) is 11.5 Å². The summed E-state index contributed by atoms with van der Waals surface area (Å²) in [5, 5.41) is 1.66. The zero-order chi connectivity index (χ0) is 17.9. The Morgan fingerprint density at radius 3 is 2.69 bits per heavy atom. The summed E-state index contributed by atoms with van der Waals surface area (Å²) in [5.41, 5.74) is 2.08. The number of hydrogen-bond donors (Lipinski definition) is 1. The van der Waals surface area contributed by atoms with E-state index in [1.54, 1.807) is 0 Å². The monoisotopic (exact) mass is 371 g/mol. The first-order valence-corrected chi connectivity index (χ1v) is 9.20. The van der Waals surface area contributed by atoms with Gasteiger partial charge in [0.05, 0.1) is 5.25 Å². The van der Waals surface area contributed by atoms with E-state index in [1.807, 2.05) is 48.5 Å². The first-order valence-electron chi connectivity index (χ1n) is 8.32. The molecule has 2 aromatic carbocycles. The number of carbonyl (C=O) groups is 2. The highest BCUT2D eigenvalue weighted by Crippen LogP contribution is 2.27. The van der Waals surface area contributed by atoms with E-state index in [1.165, 1.54) is 0 Å². The lowest BCUT2D eigenvalue weighted by molar-refractivity contribution is -0.259. The molecule has 0 saturated carbocycles. The molecule has 2 aromatic rings. The molecule has 0 radical (unpaired) electrons. The second kappa shape index (κ2) is 7.39. The Balaban J connectivity index is 1.30. The number of carbonyl (C=O) groups excluding carboxylic acids is 2. The molecular weight excluding hydrogens is 354 g/mol. The largest absolute Gasteiger partial charge is 0.491 e. The number of benzene rings is 2. The van der Waals surface area contributed by atoms with Crippen LogP contribution in [-0.4, -0.2) is 29.1 Å². The highest BCUT2D eigenvalue weighted by atomic mass is 32.2. The molecule has 134 valence electrons. The number of hydrogen-bond acceptors (Lipinski definition) is 6. The fraction of sp³-hybridized carbons (Fsp3) is 0.263. The molecule has 0 spiro atoms. The van der Waals surface area contributed by atoms with Gasteiger partial charge in [0.15, 0.2) is 5.75 Å². The maximum atomic E-state index is 11.6. The summed E-state index contributed by atoms with van der Waals surface area (Å²) in [5.74, 6) is 1.24. The van der Waals surface area contributed by atoms with E-state index >= 15 is 0 Å². The first kappa shape index (κ1) is 16.9. The van der Waals surface area contributed by atoms with E-state index in [9.17, 15) is 9.59 Å². The Bertz CT molecular complexity index is 823. The van der Waals surface area contributed by atoms with Gasteiger partial charge in [-0.05, 0) is 30.2 Å². The van der Waals surface area contributed by atoms with Crippen LogP contribution >= 0.6 is 11.8 Å². The van der Waals surface area contributed by atoms with Crippen molar-refractivity contribution < 1.29 is 24.1 Å². The Hall–Kier alpha value is -2.51. The molecule has 2 heterocycles. The molecule has 2 atom stereocenters. The molecule has 1 N–H and O–H groups in total.